The predicted octanol–water partition coefficient (Wildman–Crippen LogP) is 4.33. The van der Waals surface area contributed by atoms with Crippen LogP contribution in [-0.2, 0) is 0 Å². The maximum absolute atomic E-state index is 10.2. The first kappa shape index (κ1) is 15.4. The SMILES string of the molecule is CC(NCC(O)c1ccc(Cl)cc1)c1cnc2ccsc2c1. The second-order valence-corrected chi connectivity index (χ2v) is 6.65. The third-order valence-corrected chi connectivity index (χ3v) is 4.80. The third-order valence-electron chi connectivity index (χ3n) is 3.70. The molecule has 1 aromatic carbocycles. The summed E-state index contributed by atoms with van der Waals surface area (Å²) < 4.78 is 1.18. The van der Waals surface area contributed by atoms with Crippen LogP contribution in [0.1, 0.15) is 30.2 Å². The van der Waals surface area contributed by atoms with Gasteiger partial charge in [0.2, 0.25) is 0 Å². The molecule has 2 aromatic heterocycles. The number of pyridine rings is 1. The van der Waals surface area contributed by atoms with Crippen LogP contribution in [0.5, 0.6) is 0 Å². The zero-order valence-corrected chi connectivity index (χ0v) is 13.7. The molecule has 0 aliphatic rings. The molecule has 22 heavy (non-hydrogen) atoms. The van der Waals surface area contributed by atoms with Gasteiger partial charge in [0.05, 0.1) is 16.3 Å². The van der Waals surface area contributed by atoms with Gasteiger partial charge in [-0.25, -0.2) is 0 Å². The van der Waals surface area contributed by atoms with Crippen molar-refractivity contribution in [3.8, 4) is 0 Å². The van der Waals surface area contributed by atoms with Crippen LogP contribution in [-0.4, -0.2) is 16.6 Å². The van der Waals surface area contributed by atoms with Crippen molar-refractivity contribution in [3.05, 3.63) is 64.1 Å². The maximum atomic E-state index is 10.2. The number of aromatic nitrogens is 1. The first-order valence-electron chi connectivity index (χ1n) is 7.13. The maximum Gasteiger partial charge on any atom is 0.0914 e. The van der Waals surface area contributed by atoms with Gasteiger partial charge < -0.3 is 10.4 Å². The van der Waals surface area contributed by atoms with Gasteiger partial charge in [0.15, 0.2) is 0 Å². The highest BCUT2D eigenvalue weighted by atomic mass is 35.5. The first-order chi connectivity index (χ1) is 10.6. The molecule has 2 atom stereocenters. The van der Waals surface area contributed by atoms with Crippen LogP contribution in [0, 0.1) is 0 Å². The lowest BCUT2D eigenvalue weighted by molar-refractivity contribution is 0.171. The number of hydrogen-bond acceptors (Lipinski definition) is 4. The Labute approximate surface area is 138 Å². The summed E-state index contributed by atoms with van der Waals surface area (Å²) in [5.41, 5.74) is 3.01. The van der Waals surface area contributed by atoms with E-state index in [9.17, 15) is 5.11 Å². The zero-order chi connectivity index (χ0) is 15.5. The quantitative estimate of drug-likeness (QED) is 0.730. The third kappa shape index (κ3) is 3.47. The van der Waals surface area contributed by atoms with Gasteiger partial charge in [0.1, 0.15) is 0 Å². The second-order valence-electron chi connectivity index (χ2n) is 5.27. The highest BCUT2D eigenvalue weighted by molar-refractivity contribution is 7.17. The Morgan fingerprint density at radius 2 is 2.00 bits per heavy atom. The van der Waals surface area contributed by atoms with Crippen LogP contribution in [0.3, 0.4) is 0 Å². The number of fused-ring (bicyclic) bond motifs is 1. The standard InChI is InChI=1S/C17H17ClN2OS/c1-11(13-8-17-15(20-9-13)6-7-22-17)19-10-16(21)12-2-4-14(18)5-3-12/h2-9,11,16,19,21H,10H2,1H3. The van der Waals surface area contributed by atoms with Crippen molar-refractivity contribution >= 4 is 33.2 Å². The summed E-state index contributed by atoms with van der Waals surface area (Å²) in [7, 11) is 0. The lowest BCUT2D eigenvalue weighted by Gasteiger charge is -2.17. The number of aliphatic hydroxyl groups excluding tert-OH is 1. The molecule has 0 saturated heterocycles. The molecule has 2 N–H and O–H groups in total. The fraction of sp³-hybridized carbons (Fsp3) is 0.235. The Kier molecular flexibility index (Phi) is 4.74. The van der Waals surface area contributed by atoms with Crippen molar-refractivity contribution in [1.82, 2.24) is 10.3 Å². The average molecular weight is 333 g/mol. The lowest BCUT2D eigenvalue weighted by atomic mass is 10.1. The second kappa shape index (κ2) is 6.75. The van der Waals surface area contributed by atoms with E-state index >= 15 is 0 Å². The van der Waals surface area contributed by atoms with E-state index < -0.39 is 6.10 Å². The number of thiophene rings is 1. The molecule has 114 valence electrons. The van der Waals surface area contributed by atoms with E-state index in [2.05, 4.69) is 23.3 Å². The van der Waals surface area contributed by atoms with Crippen LogP contribution >= 0.6 is 22.9 Å². The Balaban J connectivity index is 1.63. The molecule has 0 bridgehead atoms. The van der Waals surface area contributed by atoms with E-state index in [-0.39, 0.29) is 6.04 Å². The van der Waals surface area contributed by atoms with Crippen molar-refractivity contribution < 1.29 is 5.11 Å². The summed E-state index contributed by atoms with van der Waals surface area (Å²) in [6.45, 7) is 2.55. The summed E-state index contributed by atoms with van der Waals surface area (Å²) in [4.78, 5) is 4.45. The molecular weight excluding hydrogens is 316 g/mol. The summed E-state index contributed by atoms with van der Waals surface area (Å²) in [5.74, 6) is 0. The van der Waals surface area contributed by atoms with Crippen molar-refractivity contribution in [2.75, 3.05) is 6.54 Å². The molecule has 0 amide bonds. The summed E-state index contributed by atoms with van der Waals surface area (Å²) in [6, 6.07) is 11.6. The van der Waals surface area contributed by atoms with E-state index in [1.54, 1.807) is 23.5 Å². The van der Waals surface area contributed by atoms with Gasteiger partial charge in [-0.2, -0.15) is 0 Å². The summed E-state index contributed by atoms with van der Waals surface area (Å²) >= 11 is 7.55. The van der Waals surface area contributed by atoms with Crippen molar-refractivity contribution in [2.45, 2.75) is 19.1 Å². The van der Waals surface area contributed by atoms with Crippen LogP contribution in [0.4, 0.5) is 0 Å². The average Bonchev–Trinajstić information content (AvgIpc) is 3.00. The van der Waals surface area contributed by atoms with Gasteiger partial charge >= 0.3 is 0 Å². The van der Waals surface area contributed by atoms with Gasteiger partial charge in [-0.05, 0) is 47.7 Å². The minimum Gasteiger partial charge on any atom is -0.387 e. The molecule has 0 spiro atoms. The molecule has 0 aliphatic carbocycles. The van der Waals surface area contributed by atoms with Gasteiger partial charge in [0.25, 0.3) is 0 Å². The highest BCUT2D eigenvalue weighted by Crippen LogP contribution is 2.23. The summed E-state index contributed by atoms with van der Waals surface area (Å²) in [5, 5.41) is 16.3. The number of hydrogen-bond donors (Lipinski definition) is 2. The molecule has 3 rings (SSSR count). The van der Waals surface area contributed by atoms with Crippen molar-refractivity contribution in [2.24, 2.45) is 0 Å². The number of aliphatic hydroxyl groups is 1. The van der Waals surface area contributed by atoms with E-state index in [4.69, 9.17) is 11.6 Å². The van der Waals surface area contributed by atoms with Crippen LogP contribution < -0.4 is 5.32 Å². The number of rotatable bonds is 5. The molecule has 5 heteroatoms. The van der Waals surface area contributed by atoms with Crippen LogP contribution in [0.2, 0.25) is 5.02 Å². The van der Waals surface area contributed by atoms with E-state index in [1.807, 2.05) is 29.8 Å². The minimum atomic E-state index is -0.557. The number of nitrogens with zero attached hydrogens (tertiary/aromatic N) is 1. The fourth-order valence-corrected chi connectivity index (χ4v) is 3.22. The highest BCUT2D eigenvalue weighted by Gasteiger charge is 2.11. The molecule has 0 radical (unpaired) electrons. The van der Waals surface area contributed by atoms with Gasteiger partial charge in [-0.15, -0.1) is 11.3 Å². The number of benzene rings is 1. The normalized spacial score (nSPS) is 14.1. The first-order valence-corrected chi connectivity index (χ1v) is 8.39. The van der Waals surface area contributed by atoms with Crippen molar-refractivity contribution in [1.29, 1.82) is 0 Å². The molecule has 0 aliphatic heterocycles. The smallest absolute Gasteiger partial charge is 0.0914 e. The Morgan fingerprint density at radius 1 is 1.23 bits per heavy atom. The molecule has 3 nitrogen and oxygen atoms in total. The molecular formula is C17H17ClN2OS. The largest absolute Gasteiger partial charge is 0.387 e. The Hall–Kier alpha value is -1.46. The van der Waals surface area contributed by atoms with Crippen molar-refractivity contribution in [3.63, 3.8) is 0 Å². The van der Waals surface area contributed by atoms with E-state index in [1.165, 1.54) is 4.70 Å². The monoisotopic (exact) mass is 332 g/mol. The topological polar surface area (TPSA) is 45.1 Å². The fourth-order valence-electron chi connectivity index (χ4n) is 2.31. The van der Waals surface area contributed by atoms with Crippen LogP contribution in [0.25, 0.3) is 10.2 Å². The molecule has 0 fully saturated rings. The van der Waals surface area contributed by atoms with E-state index in [0.29, 0.717) is 11.6 Å². The van der Waals surface area contributed by atoms with Gasteiger partial charge in [-0.1, -0.05) is 23.7 Å². The molecule has 2 unspecified atom stereocenters. The minimum absolute atomic E-state index is 0.126. The molecule has 0 saturated carbocycles. The molecule has 3 aromatic rings. The number of halogens is 1. The number of nitrogens with one attached hydrogen (secondary N) is 1. The Bertz CT molecular complexity index is 757. The Morgan fingerprint density at radius 3 is 2.77 bits per heavy atom. The zero-order valence-electron chi connectivity index (χ0n) is 12.2. The molecule has 2 heterocycles. The lowest BCUT2D eigenvalue weighted by Crippen LogP contribution is -2.24. The predicted molar refractivity (Wildman–Crippen MR) is 92.4 cm³/mol. The van der Waals surface area contributed by atoms with E-state index in [0.717, 1.165) is 16.6 Å². The van der Waals surface area contributed by atoms with Gasteiger partial charge in [0, 0.05) is 23.8 Å². The summed E-state index contributed by atoms with van der Waals surface area (Å²) in [6.07, 6.45) is 1.33. The van der Waals surface area contributed by atoms with Crippen LogP contribution in [0.15, 0.2) is 48.0 Å². The van der Waals surface area contributed by atoms with Gasteiger partial charge in [-0.3, -0.25) is 4.98 Å².